The first-order chi connectivity index (χ1) is 12.1. The number of hydrogen-bond acceptors (Lipinski definition) is 6. The van der Waals surface area contributed by atoms with Crippen LogP contribution < -0.4 is 4.90 Å². The van der Waals surface area contributed by atoms with Crippen molar-refractivity contribution in [3.8, 4) is 0 Å². The number of likely N-dealkylation sites (N-methyl/N-ethyl adjacent to an activating group) is 1. The van der Waals surface area contributed by atoms with Crippen molar-refractivity contribution in [1.29, 1.82) is 0 Å². The molecule has 1 aromatic heterocycles. The number of carbonyl (C=O) groups excluding carboxylic acids is 1. The van der Waals surface area contributed by atoms with Crippen LogP contribution in [0.5, 0.6) is 0 Å². The van der Waals surface area contributed by atoms with Gasteiger partial charge in [0, 0.05) is 26.8 Å². The van der Waals surface area contributed by atoms with Crippen molar-refractivity contribution in [2.24, 2.45) is 0 Å². The van der Waals surface area contributed by atoms with Crippen molar-refractivity contribution < 1.29 is 9.53 Å². The van der Waals surface area contributed by atoms with Crippen LogP contribution in [-0.4, -0.2) is 78.6 Å². The Labute approximate surface area is 150 Å². The van der Waals surface area contributed by atoms with Crippen LogP contribution in [0.25, 0.3) is 0 Å². The number of likely N-dealkylation sites (tertiary alicyclic amines) is 1. The summed E-state index contributed by atoms with van der Waals surface area (Å²) in [4.78, 5) is 28.0. The van der Waals surface area contributed by atoms with E-state index in [1.54, 1.807) is 6.20 Å². The average molecular weight is 347 g/mol. The first-order valence-electron chi connectivity index (χ1n) is 9.25. The summed E-state index contributed by atoms with van der Waals surface area (Å²) in [6.07, 6.45) is 4.86. The molecule has 0 radical (unpaired) electrons. The van der Waals surface area contributed by atoms with Gasteiger partial charge in [-0.2, -0.15) is 0 Å². The van der Waals surface area contributed by atoms with E-state index in [1.807, 2.05) is 30.0 Å². The molecule has 2 saturated heterocycles. The standard InChI is InChI=1S/C18H29N5O2/c1-4-22-10-6-5-7-15(22)17(24)23-11-12-25-16(13-23)14-8-9-19-18(20-14)21(2)3/h8-9,15-16H,4-7,10-13H2,1-3H3/t15-,16-/m1/s1. The Morgan fingerprint density at radius 1 is 1.36 bits per heavy atom. The van der Waals surface area contributed by atoms with Gasteiger partial charge >= 0.3 is 0 Å². The van der Waals surface area contributed by atoms with E-state index in [-0.39, 0.29) is 18.1 Å². The van der Waals surface area contributed by atoms with Crippen LogP contribution in [0.3, 0.4) is 0 Å². The molecule has 0 spiro atoms. The van der Waals surface area contributed by atoms with Gasteiger partial charge in [0.05, 0.1) is 24.9 Å². The first-order valence-corrected chi connectivity index (χ1v) is 9.25. The molecule has 0 saturated carbocycles. The van der Waals surface area contributed by atoms with E-state index in [4.69, 9.17) is 4.74 Å². The van der Waals surface area contributed by atoms with E-state index in [2.05, 4.69) is 21.8 Å². The molecule has 2 atom stereocenters. The van der Waals surface area contributed by atoms with Crippen molar-refractivity contribution in [3.05, 3.63) is 18.0 Å². The topological polar surface area (TPSA) is 61.8 Å². The molecule has 3 heterocycles. The minimum Gasteiger partial charge on any atom is -0.368 e. The predicted molar refractivity (Wildman–Crippen MR) is 96.5 cm³/mol. The predicted octanol–water partition coefficient (Wildman–Crippen LogP) is 1.32. The molecule has 2 fully saturated rings. The van der Waals surface area contributed by atoms with Gasteiger partial charge in [0.2, 0.25) is 11.9 Å². The van der Waals surface area contributed by atoms with Crippen molar-refractivity contribution in [3.63, 3.8) is 0 Å². The number of aromatic nitrogens is 2. The zero-order valence-corrected chi connectivity index (χ0v) is 15.5. The number of morpholine rings is 1. The molecular weight excluding hydrogens is 318 g/mol. The molecular formula is C18H29N5O2. The summed E-state index contributed by atoms with van der Waals surface area (Å²) in [7, 11) is 3.83. The number of nitrogens with zero attached hydrogens (tertiary/aromatic N) is 5. The lowest BCUT2D eigenvalue weighted by Crippen LogP contribution is -2.53. The van der Waals surface area contributed by atoms with Gasteiger partial charge in [-0.15, -0.1) is 0 Å². The van der Waals surface area contributed by atoms with Gasteiger partial charge in [-0.25, -0.2) is 9.97 Å². The molecule has 1 aromatic rings. The molecule has 0 N–H and O–H groups in total. The lowest BCUT2D eigenvalue weighted by Gasteiger charge is -2.40. The smallest absolute Gasteiger partial charge is 0.240 e. The van der Waals surface area contributed by atoms with Crippen LogP contribution in [0.4, 0.5) is 5.95 Å². The highest BCUT2D eigenvalue weighted by atomic mass is 16.5. The average Bonchev–Trinajstić information content (AvgIpc) is 2.67. The Balaban J connectivity index is 1.70. The zero-order valence-electron chi connectivity index (χ0n) is 15.5. The van der Waals surface area contributed by atoms with Gasteiger partial charge in [0.1, 0.15) is 6.10 Å². The SMILES string of the molecule is CCN1CCCC[C@@H]1C(=O)N1CCO[C@@H](c2ccnc(N(C)C)n2)C1. The van der Waals surface area contributed by atoms with Crippen LogP contribution in [0, 0.1) is 0 Å². The largest absolute Gasteiger partial charge is 0.368 e. The lowest BCUT2D eigenvalue weighted by molar-refractivity contribution is -0.146. The molecule has 25 heavy (non-hydrogen) atoms. The third kappa shape index (κ3) is 4.10. The minimum atomic E-state index is -0.182. The van der Waals surface area contributed by atoms with Gasteiger partial charge in [-0.05, 0) is 32.0 Å². The second kappa shape index (κ2) is 8.10. The third-order valence-electron chi connectivity index (χ3n) is 5.08. The van der Waals surface area contributed by atoms with Crippen LogP contribution in [0.2, 0.25) is 0 Å². The quantitative estimate of drug-likeness (QED) is 0.819. The molecule has 0 aromatic carbocycles. The van der Waals surface area contributed by atoms with Crippen molar-refractivity contribution >= 4 is 11.9 Å². The normalized spacial score (nSPS) is 25.0. The van der Waals surface area contributed by atoms with Crippen LogP contribution in [-0.2, 0) is 9.53 Å². The fraction of sp³-hybridized carbons (Fsp3) is 0.722. The summed E-state index contributed by atoms with van der Waals surface area (Å²) in [6, 6.07) is 1.91. The first kappa shape index (κ1) is 18.1. The van der Waals surface area contributed by atoms with Gasteiger partial charge in [0.15, 0.2) is 0 Å². The second-order valence-electron chi connectivity index (χ2n) is 6.96. The molecule has 7 nitrogen and oxygen atoms in total. The van der Waals surface area contributed by atoms with Crippen molar-refractivity contribution in [2.75, 3.05) is 51.8 Å². The molecule has 1 amide bonds. The number of rotatable bonds is 4. The van der Waals surface area contributed by atoms with E-state index in [0.29, 0.717) is 25.6 Å². The van der Waals surface area contributed by atoms with Crippen LogP contribution >= 0.6 is 0 Å². The van der Waals surface area contributed by atoms with E-state index in [9.17, 15) is 4.79 Å². The summed E-state index contributed by atoms with van der Waals surface area (Å²) < 4.78 is 5.90. The minimum absolute atomic E-state index is 0.0280. The molecule has 0 aliphatic carbocycles. The monoisotopic (exact) mass is 347 g/mol. The number of hydrogen-bond donors (Lipinski definition) is 0. The zero-order chi connectivity index (χ0) is 17.8. The van der Waals surface area contributed by atoms with Gasteiger partial charge in [-0.3, -0.25) is 9.69 Å². The van der Waals surface area contributed by atoms with E-state index in [1.165, 1.54) is 6.42 Å². The van der Waals surface area contributed by atoms with E-state index >= 15 is 0 Å². The fourth-order valence-corrected chi connectivity index (χ4v) is 3.64. The lowest BCUT2D eigenvalue weighted by atomic mass is 10.0. The summed E-state index contributed by atoms with van der Waals surface area (Å²) in [6.45, 7) is 5.88. The molecule has 0 bridgehead atoms. The summed E-state index contributed by atoms with van der Waals surface area (Å²) in [5, 5.41) is 0. The third-order valence-corrected chi connectivity index (χ3v) is 5.08. The Morgan fingerprint density at radius 3 is 2.96 bits per heavy atom. The highest BCUT2D eigenvalue weighted by Crippen LogP contribution is 2.25. The number of amides is 1. The van der Waals surface area contributed by atoms with Gasteiger partial charge in [0.25, 0.3) is 0 Å². The maximum atomic E-state index is 13.1. The molecule has 3 rings (SSSR count). The van der Waals surface area contributed by atoms with Gasteiger partial charge < -0.3 is 14.5 Å². The van der Waals surface area contributed by atoms with E-state index in [0.717, 1.165) is 31.6 Å². The summed E-state index contributed by atoms with van der Waals surface area (Å²) >= 11 is 0. The Bertz CT molecular complexity index is 595. The number of piperidine rings is 1. The Hall–Kier alpha value is -1.73. The number of carbonyl (C=O) groups is 1. The highest BCUT2D eigenvalue weighted by molar-refractivity contribution is 5.82. The molecule has 7 heteroatoms. The molecule has 2 aliphatic rings. The Morgan fingerprint density at radius 2 is 2.20 bits per heavy atom. The molecule has 0 unspecified atom stereocenters. The maximum Gasteiger partial charge on any atom is 0.240 e. The van der Waals surface area contributed by atoms with Crippen LogP contribution in [0.15, 0.2) is 12.3 Å². The maximum absolute atomic E-state index is 13.1. The molecule has 2 aliphatic heterocycles. The molecule has 138 valence electrons. The summed E-state index contributed by atoms with van der Waals surface area (Å²) in [5.74, 6) is 0.908. The summed E-state index contributed by atoms with van der Waals surface area (Å²) in [5.41, 5.74) is 0.840. The number of ether oxygens (including phenoxy) is 1. The number of anilines is 1. The van der Waals surface area contributed by atoms with E-state index < -0.39 is 0 Å². The van der Waals surface area contributed by atoms with Gasteiger partial charge in [-0.1, -0.05) is 13.3 Å². The van der Waals surface area contributed by atoms with Crippen LogP contribution in [0.1, 0.15) is 38.0 Å². The second-order valence-corrected chi connectivity index (χ2v) is 6.96. The van der Waals surface area contributed by atoms with Crippen molar-refractivity contribution in [1.82, 2.24) is 19.8 Å². The van der Waals surface area contributed by atoms with Crippen molar-refractivity contribution in [2.45, 2.75) is 38.3 Å². The highest BCUT2D eigenvalue weighted by Gasteiger charge is 2.34. The Kier molecular flexibility index (Phi) is 5.86. The fourth-order valence-electron chi connectivity index (χ4n) is 3.64.